The minimum absolute atomic E-state index is 0.296. The molecule has 1 aromatic heterocycles. The van der Waals surface area contributed by atoms with E-state index in [2.05, 4.69) is 27.9 Å². The van der Waals surface area contributed by atoms with Gasteiger partial charge in [0.1, 0.15) is 24.3 Å². The molecule has 0 aliphatic carbocycles. The van der Waals surface area contributed by atoms with Gasteiger partial charge in [0.25, 0.3) is 0 Å². The normalized spacial score (nSPS) is 16.6. The molecule has 0 amide bonds. The zero-order valence-electron chi connectivity index (χ0n) is 16.3. The maximum Gasteiger partial charge on any atom is 0.122 e. The van der Waals surface area contributed by atoms with E-state index in [0.29, 0.717) is 13.2 Å². The van der Waals surface area contributed by atoms with Crippen LogP contribution in [0.1, 0.15) is 11.4 Å². The highest BCUT2D eigenvalue weighted by Crippen LogP contribution is 2.16. The van der Waals surface area contributed by atoms with Gasteiger partial charge in [0.2, 0.25) is 0 Å². The molecule has 0 bridgehead atoms. The largest absolute Gasteiger partial charge is 0.491 e. The molecular formula is C20H30N4O3. The molecule has 0 radical (unpaired) electrons. The predicted molar refractivity (Wildman–Crippen MR) is 104 cm³/mol. The fraction of sp³-hybridized carbons (Fsp3) is 0.550. The second-order valence-corrected chi connectivity index (χ2v) is 7.15. The zero-order valence-corrected chi connectivity index (χ0v) is 16.3. The first-order valence-electron chi connectivity index (χ1n) is 9.45. The smallest absolute Gasteiger partial charge is 0.122 e. The van der Waals surface area contributed by atoms with E-state index >= 15 is 0 Å². The molecule has 1 aliphatic heterocycles. The van der Waals surface area contributed by atoms with Crippen molar-refractivity contribution in [3.05, 3.63) is 48.0 Å². The highest BCUT2D eigenvalue weighted by Gasteiger charge is 2.15. The average Bonchev–Trinajstić information content (AvgIpc) is 3.06. The van der Waals surface area contributed by atoms with E-state index in [-0.39, 0.29) is 0 Å². The Morgan fingerprint density at radius 1 is 1.30 bits per heavy atom. The van der Waals surface area contributed by atoms with Gasteiger partial charge in [-0.3, -0.25) is 9.80 Å². The predicted octanol–water partition coefficient (Wildman–Crippen LogP) is 1.12. The molecule has 2 aromatic rings. The Hall–Kier alpha value is -1.93. The number of aliphatic hydroxyl groups is 1. The van der Waals surface area contributed by atoms with Gasteiger partial charge in [0.15, 0.2) is 0 Å². The van der Waals surface area contributed by atoms with E-state index in [1.165, 1.54) is 5.56 Å². The molecule has 27 heavy (non-hydrogen) atoms. The topological polar surface area (TPSA) is 63.0 Å². The maximum atomic E-state index is 10.2. The van der Waals surface area contributed by atoms with E-state index in [0.717, 1.165) is 51.0 Å². The number of aliphatic hydroxyl groups excluding tert-OH is 1. The van der Waals surface area contributed by atoms with Gasteiger partial charge in [0.05, 0.1) is 19.8 Å². The molecule has 1 atom stereocenters. The standard InChI is InChI=1S/C20H30N4O3/c1-22(15-20-21-6-7-23(20)2)13-17-4-3-5-19(12-17)27-16-18(25)14-24-8-10-26-11-9-24/h3-7,12,18,25H,8-11,13-16H2,1-2H3/t18-/m0/s1. The molecule has 1 aliphatic rings. The third kappa shape index (κ3) is 6.32. The number of rotatable bonds is 9. The quantitative estimate of drug-likeness (QED) is 0.710. The van der Waals surface area contributed by atoms with Crippen LogP contribution in [0.3, 0.4) is 0 Å². The van der Waals surface area contributed by atoms with Crippen LogP contribution < -0.4 is 4.74 Å². The molecule has 1 aromatic carbocycles. The number of β-amino-alcohol motifs (C(OH)–C–C–N with tert-alkyl or cyclic N) is 1. The summed E-state index contributed by atoms with van der Waals surface area (Å²) in [6.07, 6.45) is 3.28. The highest BCUT2D eigenvalue weighted by atomic mass is 16.5. The Morgan fingerprint density at radius 2 is 2.11 bits per heavy atom. The van der Waals surface area contributed by atoms with Crippen molar-refractivity contribution in [3.8, 4) is 5.75 Å². The Balaban J connectivity index is 1.45. The Labute approximate surface area is 161 Å². The average molecular weight is 374 g/mol. The van der Waals surface area contributed by atoms with Gasteiger partial charge in [0, 0.05) is 45.6 Å². The number of imidazole rings is 1. The summed E-state index contributed by atoms with van der Waals surface area (Å²) in [4.78, 5) is 8.79. The molecular weight excluding hydrogens is 344 g/mol. The maximum absolute atomic E-state index is 10.2. The van der Waals surface area contributed by atoms with Crippen LogP contribution in [-0.2, 0) is 24.9 Å². The molecule has 0 saturated carbocycles. The van der Waals surface area contributed by atoms with Crippen molar-refractivity contribution in [3.63, 3.8) is 0 Å². The van der Waals surface area contributed by atoms with Crippen LogP contribution in [0.5, 0.6) is 5.75 Å². The van der Waals surface area contributed by atoms with Crippen LogP contribution in [0, 0.1) is 0 Å². The first-order valence-corrected chi connectivity index (χ1v) is 9.45. The van der Waals surface area contributed by atoms with Crippen molar-refractivity contribution < 1.29 is 14.6 Å². The van der Waals surface area contributed by atoms with Gasteiger partial charge in [-0.15, -0.1) is 0 Å². The fourth-order valence-electron chi connectivity index (χ4n) is 3.22. The van der Waals surface area contributed by atoms with Gasteiger partial charge in [-0.05, 0) is 24.7 Å². The summed E-state index contributed by atoms with van der Waals surface area (Å²) in [5.74, 6) is 1.83. The van der Waals surface area contributed by atoms with Gasteiger partial charge >= 0.3 is 0 Å². The Kier molecular flexibility index (Phi) is 7.23. The van der Waals surface area contributed by atoms with Crippen LogP contribution >= 0.6 is 0 Å². The number of nitrogens with zero attached hydrogens (tertiary/aromatic N) is 4. The van der Waals surface area contributed by atoms with Crippen LogP contribution in [0.25, 0.3) is 0 Å². The third-order valence-electron chi connectivity index (χ3n) is 4.70. The van der Waals surface area contributed by atoms with Crippen LogP contribution in [0.4, 0.5) is 0 Å². The number of aromatic nitrogens is 2. The van der Waals surface area contributed by atoms with Gasteiger partial charge in [-0.1, -0.05) is 12.1 Å². The molecule has 1 saturated heterocycles. The Morgan fingerprint density at radius 3 is 2.85 bits per heavy atom. The molecule has 3 rings (SSSR count). The van der Waals surface area contributed by atoms with E-state index in [4.69, 9.17) is 9.47 Å². The van der Waals surface area contributed by atoms with Crippen molar-refractivity contribution in [2.45, 2.75) is 19.2 Å². The van der Waals surface area contributed by atoms with Crippen molar-refractivity contribution in [2.75, 3.05) is 46.5 Å². The summed E-state index contributed by atoms with van der Waals surface area (Å²) in [5, 5.41) is 10.2. The third-order valence-corrected chi connectivity index (χ3v) is 4.70. The second-order valence-electron chi connectivity index (χ2n) is 7.15. The number of benzene rings is 1. The summed E-state index contributed by atoms with van der Waals surface area (Å²) >= 11 is 0. The minimum atomic E-state index is -0.502. The van der Waals surface area contributed by atoms with Gasteiger partial charge < -0.3 is 19.1 Å². The Bertz CT molecular complexity index is 700. The number of aryl methyl sites for hydroxylation is 1. The summed E-state index contributed by atoms with van der Waals surface area (Å²) in [6, 6.07) is 8.06. The van der Waals surface area contributed by atoms with E-state index in [9.17, 15) is 5.11 Å². The SMILES string of the molecule is CN(Cc1cccc(OC[C@@H](O)CN2CCOCC2)c1)Cc1nccn1C. The second kappa shape index (κ2) is 9.85. The van der Waals surface area contributed by atoms with Crippen molar-refractivity contribution in [1.29, 1.82) is 0 Å². The van der Waals surface area contributed by atoms with Crippen molar-refractivity contribution in [2.24, 2.45) is 7.05 Å². The number of morpholine rings is 1. The number of hydrogen-bond acceptors (Lipinski definition) is 6. The van der Waals surface area contributed by atoms with E-state index < -0.39 is 6.10 Å². The van der Waals surface area contributed by atoms with Gasteiger partial charge in [-0.25, -0.2) is 4.98 Å². The highest BCUT2D eigenvalue weighted by molar-refractivity contribution is 5.28. The zero-order chi connectivity index (χ0) is 19.1. The molecule has 0 unspecified atom stereocenters. The molecule has 1 fully saturated rings. The summed E-state index contributed by atoms with van der Waals surface area (Å²) in [5.41, 5.74) is 1.17. The fourth-order valence-corrected chi connectivity index (χ4v) is 3.22. The lowest BCUT2D eigenvalue weighted by Crippen LogP contribution is -2.42. The molecule has 148 valence electrons. The molecule has 0 spiro atoms. The van der Waals surface area contributed by atoms with Crippen molar-refractivity contribution >= 4 is 0 Å². The lowest BCUT2D eigenvalue weighted by atomic mass is 10.2. The first kappa shape index (κ1) is 19.8. The summed E-state index contributed by atoms with van der Waals surface area (Å²) < 4.78 is 13.2. The van der Waals surface area contributed by atoms with Crippen LogP contribution in [-0.4, -0.2) is 77.1 Å². The molecule has 1 N–H and O–H groups in total. The molecule has 7 heteroatoms. The minimum Gasteiger partial charge on any atom is -0.491 e. The molecule has 2 heterocycles. The van der Waals surface area contributed by atoms with Crippen LogP contribution in [0.15, 0.2) is 36.7 Å². The van der Waals surface area contributed by atoms with E-state index in [1.807, 2.05) is 42.2 Å². The van der Waals surface area contributed by atoms with Crippen LogP contribution in [0.2, 0.25) is 0 Å². The monoisotopic (exact) mass is 374 g/mol. The number of ether oxygens (including phenoxy) is 2. The van der Waals surface area contributed by atoms with E-state index in [1.54, 1.807) is 0 Å². The number of hydrogen-bond donors (Lipinski definition) is 1. The first-order chi connectivity index (χ1) is 13.1. The lowest BCUT2D eigenvalue weighted by molar-refractivity contribution is 0.00464. The lowest BCUT2D eigenvalue weighted by Gasteiger charge is -2.28. The van der Waals surface area contributed by atoms with Crippen molar-refractivity contribution in [1.82, 2.24) is 19.4 Å². The summed E-state index contributed by atoms with van der Waals surface area (Å²) in [6.45, 7) is 5.72. The molecule has 7 nitrogen and oxygen atoms in total. The summed E-state index contributed by atoms with van der Waals surface area (Å²) in [7, 11) is 4.08. The van der Waals surface area contributed by atoms with Gasteiger partial charge in [-0.2, -0.15) is 0 Å².